The Hall–Kier alpha value is -1.50. The topological polar surface area (TPSA) is 72.2 Å². The van der Waals surface area contributed by atoms with E-state index < -0.39 is 0 Å². The summed E-state index contributed by atoms with van der Waals surface area (Å²) in [5.74, 6) is 0.493. The van der Waals surface area contributed by atoms with Crippen molar-refractivity contribution < 1.29 is 4.79 Å². The molecule has 0 saturated heterocycles. The zero-order chi connectivity index (χ0) is 12.3. The lowest BCUT2D eigenvalue weighted by Gasteiger charge is -2.05. The van der Waals surface area contributed by atoms with Gasteiger partial charge in [0.05, 0.1) is 0 Å². The molecule has 0 bridgehead atoms. The number of fused-ring (bicyclic) bond motifs is 1. The molecule has 2 rings (SSSR count). The van der Waals surface area contributed by atoms with Crippen LogP contribution in [-0.4, -0.2) is 32.3 Å². The van der Waals surface area contributed by atoms with Crippen LogP contribution < -0.4 is 5.32 Å². The minimum Gasteiger partial charge on any atom is -0.356 e. The Kier molecular flexibility index (Phi) is 3.68. The van der Waals surface area contributed by atoms with Gasteiger partial charge in [0.15, 0.2) is 0 Å². The fraction of sp³-hybridized carbons (Fsp3) is 0.600. The predicted molar refractivity (Wildman–Crippen MR) is 64.8 cm³/mol. The van der Waals surface area contributed by atoms with E-state index in [1.54, 1.807) is 10.8 Å². The lowest BCUT2D eigenvalue weighted by Crippen LogP contribution is -2.26. The van der Waals surface area contributed by atoms with Crippen molar-refractivity contribution in [2.24, 2.45) is 5.92 Å². The maximum Gasteiger partial charge on any atom is 0.234 e. The van der Waals surface area contributed by atoms with Gasteiger partial charge in [-0.1, -0.05) is 25.2 Å². The highest BCUT2D eigenvalue weighted by Crippen LogP contribution is 2.11. The Morgan fingerprint density at radius 1 is 1.59 bits per heavy atom. The number of hydrogen-bond donors (Lipinski definition) is 1. The van der Waals surface area contributed by atoms with E-state index in [2.05, 4.69) is 20.6 Å². The van der Waals surface area contributed by atoms with Gasteiger partial charge in [0.1, 0.15) is 11.3 Å². The fourth-order valence-electron chi connectivity index (χ4n) is 1.45. The first-order valence-electron chi connectivity index (χ1n) is 5.57. The number of nitrogens with one attached hydrogen (secondary N) is 1. The van der Waals surface area contributed by atoms with Gasteiger partial charge in [-0.05, 0) is 5.92 Å². The monoisotopic (exact) mass is 253 g/mol. The van der Waals surface area contributed by atoms with E-state index in [4.69, 9.17) is 0 Å². The smallest absolute Gasteiger partial charge is 0.234 e. The Labute approximate surface area is 103 Å². The van der Waals surface area contributed by atoms with Crippen LogP contribution >= 0.6 is 11.3 Å². The number of amides is 1. The third kappa shape index (κ3) is 3.23. The molecule has 7 heteroatoms. The van der Waals surface area contributed by atoms with Crippen LogP contribution in [-0.2, 0) is 11.2 Å². The number of aromatic nitrogens is 4. The van der Waals surface area contributed by atoms with Crippen LogP contribution in [0.1, 0.15) is 25.3 Å². The van der Waals surface area contributed by atoms with Crippen LogP contribution in [0.3, 0.4) is 0 Å². The van der Waals surface area contributed by atoms with Crippen molar-refractivity contribution in [2.45, 2.75) is 26.7 Å². The molecule has 0 fully saturated rings. The highest BCUT2D eigenvalue weighted by atomic mass is 32.1. The van der Waals surface area contributed by atoms with E-state index in [0.717, 1.165) is 16.4 Å². The van der Waals surface area contributed by atoms with Crippen LogP contribution in [0, 0.1) is 5.92 Å². The average molecular weight is 253 g/mol. The molecule has 2 heterocycles. The first-order valence-corrected chi connectivity index (χ1v) is 6.39. The minimum absolute atomic E-state index is 0.100. The van der Waals surface area contributed by atoms with Crippen LogP contribution in [0.15, 0.2) is 6.33 Å². The lowest BCUT2D eigenvalue weighted by molar-refractivity contribution is -0.121. The molecule has 0 radical (unpaired) electrons. The van der Waals surface area contributed by atoms with Crippen molar-refractivity contribution in [1.29, 1.82) is 0 Å². The minimum atomic E-state index is 0.100. The van der Waals surface area contributed by atoms with Crippen LogP contribution in [0.25, 0.3) is 4.96 Å². The SMILES string of the molecule is CC(C)CC(=O)NCCc1nn2cnnc2s1. The summed E-state index contributed by atoms with van der Waals surface area (Å²) >= 11 is 1.50. The van der Waals surface area contributed by atoms with Gasteiger partial charge in [-0.2, -0.15) is 9.61 Å². The first kappa shape index (κ1) is 12.0. The van der Waals surface area contributed by atoms with Crippen molar-refractivity contribution in [2.75, 3.05) is 6.54 Å². The summed E-state index contributed by atoms with van der Waals surface area (Å²) in [5, 5.41) is 15.8. The molecule has 0 spiro atoms. The molecule has 0 aliphatic carbocycles. The van der Waals surface area contributed by atoms with Crippen molar-refractivity contribution in [3.63, 3.8) is 0 Å². The van der Waals surface area contributed by atoms with Crippen molar-refractivity contribution >= 4 is 22.2 Å². The van der Waals surface area contributed by atoms with Gasteiger partial charge in [0.2, 0.25) is 10.9 Å². The number of rotatable bonds is 5. The van der Waals surface area contributed by atoms with Crippen LogP contribution in [0.2, 0.25) is 0 Å². The molecule has 2 aromatic rings. The number of hydrogen-bond acceptors (Lipinski definition) is 5. The van der Waals surface area contributed by atoms with Gasteiger partial charge in [-0.3, -0.25) is 4.79 Å². The molecule has 0 aromatic carbocycles. The molecular formula is C10H15N5OS. The van der Waals surface area contributed by atoms with Gasteiger partial charge < -0.3 is 5.32 Å². The molecular weight excluding hydrogens is 238 g/mol. The molecule has 2 aromatic heterocycles. The van der Waals surface area contributed by atoms with E-state index in [0.29, 0.717) is 18.9 Å². The second kappa shape index (κ2) is 5.22. The standard InChI is InChI=1S/C10H15N5OS/c1-7(2)5-8(16)11-4-3-9-14-15-6-12-13-10(15)17-9/h6-7H,3-5H2,1-2H3,(H,11,16). The maximum absolute atomic E-state index is 11.4. The molecule has 6 nitrogen and oxygen atoms in total. The van der Waals surface area contributed by atoms with E-state index in [1.165, 1.54) is 11.3 Å². The molecule has 1 N–H and O–H groups in total. The van der Waals surface area contributed by atoms with Crippen LogP contribution in [0.4, 0.5) is 0 Å². The molecule has 92 valence electrons. The average Bonchev–Trinajstić information content (AvgIpc) is 2.76. The van der Waals surface area contributed by atoms with Gasteiger partial charge in [-0.25, -0.2) is 0 Å². The van der Waals surface area contributed by atoms with E-state index in [-0.39, 0.29) is 5.91 Å². The third-order valence-corrected chi connectivity index (χ3v) is 3.16. The second-order valence-corrected chi connectivity index (χ2v) is 5.29. The third-order valence-electron chi connectivity index (χ3n) is 2.18. The van der Waals surface area contributed by atoms with Crippen LogP contribution in [0.5, 0.6) is 0 Å². The Morgan fingerprint density at radius 3 is 3.12 bits per heavy atom. The van der Waals surface area contributed by atoms with Crippen molar-refractivity contribution in [3.8, 4) is 0 Å². The van der Waals surface area contributed by atoms with Gasteiger partial charge in [0, 0.05) is 19.4 Å². The molecule has 0 atom stereocenters. The maximum atomic E-state index is 11.4. The summed E-state index contributed by atoms with van der Waals surface area (Å²) in [4.78, 5) is 12.2. The van der Waals surface area contributed by atoms with Gasteiger partial charge in [-0.15, -0.1) is 10.2 Å². The number of nitrogens with zero attached hydrogens (tertiary/aromatic N) is 4. The largest absolute Gasteiger partial charge is 0.356 e. The molecule has 0 saturated carbocycles. The highest BCUT2D eigenvalue weighted by molar-refractivity contribution is 7.16. The Morgan fingerprint density at radius 2 is 2.41 bits per heavy atom. The number of carbonyl (C=O) groups excluding carboxylic acids is 1. The normalized spacial score (nSPS) is 11.2. The van der Waals surface area contributed by atoms with Gasteiger partial charge in [0.25, 0.3) is 0 Å². The summed E-state index contributed by atoms with van der Waals surface area (Å²) in [5.41, 5.74) is 0. The molecule has 1 amide bonds. The van der Waals surface area contributed by atoms with Gasteiger partial charge >= 0.3 is 0 Å². The predicted octanol–water partition coefficient (Wildman–Crippen LogP) is 0.891. The quantitative estimate of drug-likeness (QED) is 0.859. The Bertz CT molecular complexity index is 475. The molecule has 0 aliphatic rings. The zero-order valence-corrected chi connectivity index (χ0v) is 10.7. The number of carbonyl (C=O) groups is 1. The molecule has 0 aliphatic heterocycles. The first-order chi connectivity index (χ1) is 8.15. The fourth-order valence-corrected chi connectivity index (χ4v) is 2.27. The summed E-state index contributed by atoms with van der Waals surface area (Å²) < 4.78 is 1.65. The van der Waals surface area contributed by atoms with E-state index in [1.807, 2.05) is 13.8 Å². The van der Waals surface area contributed by atoms with Crippen molar-refractivity contribution in [3.05, 3.63) is 11.3 Å². The second-order valence-electron chi connectivity index (χ2n) is 4.25. The lowest BCUT2D eigenvalue weighted by atomic mass is 10.1. The summed E-state index contributed by atoms with van der Waals surface area (Å²) in [7, 11) is 0. The summed E-state index contributed by atoms with van der Waals surface area (Å²) in [6, 6.07) is 0. The summed E-state index contributed by atoms with van der Waals surface area (Å²) in [6.45, 7) is 4.68. The molecule has 0 unspecified atom stereocenters. The van der Waals surface area contributed by atoms with E-state index in [9.17, 15) is 4.79 Å². The van der Waals surface area contributed by atoms with Crippen molar-refractivity contribution in [1.82, 2.24) is 25.1 Å². The molecule has 17 heavy (non-hydrogen) atoms. The van der Waals surface area contributed by atoms with E-state index >= 15 is 0 Å². The zero-order valence-electron chi connectivity index (χ0n) is 9.88. The Balaban J connectivity index is 1.79. The summed E-state index contributed by atoms with van der Waals surface area (Å²) in [6.07, 6.45) is 2.88. The highest BCUT2D eigenvalue weighted by Gasteiger charge is 2.07.